The molecule has 0 saturated carbocycles. The van der Waals surface area contributed by atoms with Gasteiger partial charge in [-0.25, -0.2) is 9.37 Å². The number of rotatable bonds is 6. The summed E-state index contributed by atoms with van der Waals surface area (Å²) in [4.78, 5) is 21.4. The number of carbonyl (C=O) groups is 1. The molecule has 0 spiro atoms. The second kappa shape index (κ2) is 9.56. The lowest BCUT2D eigenvalue weighted by Gasteiger charge is -2.36. The summed E-state index contributed by atoms with van der Waals surface area (Å²) in [6.07, 6.45) is 1.71. The maximum absolute atomic E-state index is 14.0. The highest BCUT2D eigenvalue weighted by Crippen LogP contribution is 2.21. The predicted octanol–water partition coefficient (Wildman–Crippen LogP) is 2.82. The van der Waals surface area contributed by atoms with Crippen LogP contribution in [0.25, 0.3) is 16.9 Å². The molecule has 2 aromatic heterocycles. The number of aryl methyl sites for hydroxylation is 1. The predicted molar refractivity (Wildman–Crippen MR) is 129 cm³/mol. The van der Waals surface area contributed by atoms with Gasteiger partial charge in [0.15, 0.2) is 5.65 Å². The number of halogens is 1. The Morgan fingerprint density at radius 1 is 1.03 bits per heavy atom. The summed E-state index contributed by atoms with van der Waals surface area (Å²) in [6.45, 7) is 6.44. The van der Waals surface area contributed by atoms with Crippen LogP contribution >= 0.6 is 0 Å². The van der Waals surface area contributed by atoms with E-state index >= 15 is 0 Å². The summed E-state index contributed by atoms with van der Waals surface area (Å²) in [6, 6.07) is 16.1. The van der Waals surface area contributed by atoms with Gasteiger partial charge < -0.3 is 10.2 Å². The van der Waals surface area contributed by atoms with Crippen molar-refractivity contribution in [2.45, 2.75) is 6.92 Å². The lowest BCUT2D eigenvalue weighted by Crippen LogP contribution is -2.48. The molecule has 34 heavy (non-hydrogen) atoms. The molecular formula is C25H26FN7O. The zero-order chi connectivity index (χ0) is 23.5. The molecule has 3 heterocycles. The van der Waals surface area contributed by atoms with Gasteiger partial charge in [0.05, 0.1) is 11.4 Å². The van der Waals surface area contributed by atoms with Gasteiger partial charge in [0.1, 0.15) is 11.3 Å². The molecule has 1 aliphatic rings. The number of nitrogens with one attached hydrogen (secondary N) is 1. The third-order valence-electron chi connectivity index (χ3n) is 6.17. The Morgan fingerprint density at radius 3 is 2.65 bits per heavy atom. The van der Waals surface area contributed by atoms with Gasteiger partial charge in [0.2, 0.25) is 0 Å². The monoisotopic (exact) mass is 459 g/mol. The number of benzene rings is 2. The molecule has 4 aromatic rings. The number of fused-ring (bicyclic) bond motifs is 1. The average molecular weight is 460 g/mol. The molecule has 0 atom stereocenters. The number of carbonyl (C=O) groups excluding carboxylic acids is 1. The number of amides is 1. The maximum Gasteiger partial charge on any atom is 0.251 e. The molecule has 8 nitrogen and oxygen atoms in total. The van der Waals surface area contributed by atoms with Gasteiger partial charge in [-0.1, -0.05) is 17.3 Å². The minimum Gasteiger partial charge on any atom is -0.367 e. The number of hydrogen-bond acceptors (Lipinski definition) is 6. The smallest absolute Gasteiger partial charge is 0.251 e. The zero-order valence-electron chi connectivity index (χ0n) is 19.0. The first-order chi connectivity index (χ1) is 16.6. The number of para-hydroxylation sites is 1. The van der Waals surface area contributed by atoms with Crippen LogP contribution in [0.15, 0.2) is 60.8 Å². The van der Waals surface area contributed by atoms with Gasteiger partial charge in [0, 0.05) is 51.0 Å². The number of pyridine rings is 1. The van der Waals surface area contributed by atoms with Crippen LogP contribution in [-0.4, -0.2) is 70.1 Å². The Bertz CT molecular complexity index is 1310. The summed E-state index contributed by atoms with van der Waals surface area (Å²) in [5, 5.41) is 11.4. The van der Waals surface area contributed by atoms with Crippen molar-refractivity contribution in [1.82, 2.24) is 30.2 Å². The molecule has 1 aliphatic heterocycles. The van der Waals surface area contributed by atoms with Crippen LogP contribution in [0.4, 0.5) is 10.1 Å². The maximum atomic E-state index is 14.0. The van der Waals surface area contributed by atoms with E-state index in [0.29, 0.717) is 23.4 Å². The Balaban J connectivity index is 1.14. The van der Waals surface area contributed by atoms with Gasteiger partial charge in [-0.05, 0) is 55.0 Å². The minimum atomic E-state index is -0.183. The first kappa shape index (κ1) is 22.0. The largest absolute Gasteiger partial charge is 0.367 e. The minimum absolute atomic E-state index is 0.110. The molecular weight excluding hydrogens is 433 g/mol. The summed E-state index contributed by atoms with van der Waals surface area (Å²) in [5.74, 6) is -0.293. The lowest BCUT2D eigenvalue weighted by atomic mass is 10.1. The second-order valence-corrected chi connectivity index (χ2v) is 8.38. The highest BCUT2D eigenvalue weighted by molar-refractivity contribution is 5.94. The van der Waals surface area contributed by atoms with Gasteiger partial charge in [-0.3, -0.25) is 9.69 Å². The van der Waals surface area contributed by atoms with E-state index in [1.54, 1.807) is 23.0 Å². The first-order valence-corrected chi connectivity index (χ1v) is 11.4. The van der Waals surface area contributed by atoms with Gasteiger partial charge in [-0.2, -0.15) is 4.68 Å². The van der Waals surface area contributed by atoms with Crippen LogP contribution in [0, 0.1) is 12.7 Å². The van der Waals surface area contributed by atoms with Crippen molar-refractivity contribution in [3.05, 3.63) is 77.7 Å². The highest BCUT2D eigenvalue weighted by Gasteiger charge is 2.19. The highest BCUT2D eigenvalue weighted by atomic mass is 19.1. The molecule has 1 saturated heterocycles. The van der Waals surface area contributed by atoms with Gasteiger partial charge in [-0.15, -0.1) is 5.10 Å². The molecule has 1 fully saturated rings. The quantitative estimate of drug-likeness (QED) is 0.478. The van der Waals surface area contributed by atoms with Gasteiger partial charge >= 0.3 is 0 Å². The molecule has 1 N–H and O–H groups in total. The SMILES string of the molecule is Cc1cc(C(=O)NCCN2CCN(c3ccccc3F)CC2)ccc1-n1nnc2cccnc21. The molecule has 0 bridgehead atoms. The second-order valence-electron chi connectivity index (χ2n) is 8.38. The van der Waals surface area contributed by atoms with Crippen LogP contribution in [0.3, 0.4) is 0 Å². The lowest BCUT2D eigenvalue weighted by molar-refractivity contribution is 0.0947. The third-order valence-corrected chi connectivity index (χ3v) is 6.17. The Hall–Kier alpha value is -3.85. The van der Waals surface area contributed by atoms with E-state index in [-0.39, 0.29) is 11.7 Å². The summed E-state index contributed by atoms with van der Waals surface area (Å²) >= 11 is 0. The standard InChI is InChI=1S/C25H26FN7O/c1-18-17-19(8-9-22(18)33-24-21(29-30-33)6-4-10-27-24)25(34)28-11-12-31-13-15-32(16-14-31)23-7-3-2-5-20(23)26/h2-10,17H,11-16H2,1H3,(H,28,34). The van der Waals surface area contributed by atoms with Crippen LogP contribution in [0.1, 0.15) is 15.9 Å². The number of hydrogen-bond donors (Lipinski definition) is 1. The van der Waals surface area contributed by atoms with E-state index in [4.69, 9.17) is 0 Å². The van der Waals surface area contributed by atoms with E-state index < -0.39 is 0 Å². The molecule has 2 aromatic carbocycles. The van der Waals surface area contributed by atoms with E-state index in [1.807, 2.05) is 43.3 Å². The molecule has 9 heteroatoms. The first-order valence-electron chi connectivity index (χ1n) is 11.4. The Labute approximate surface area is 197 Å². The van der Waals surface area contributed by atoms with Crippen molar-refractivity contribution in [3.63, 3.8) is 0 Å². The van der Waals surface area contributed by atoms with Crippen LogP contribution in [0.2, 0.25) is 0 Å². The fraction of sp³-hybridized carbons (Fsp3) is 0.280. The molecule has 0 radical (unpaired) electrons. The van der Waals surface area contributed by atoms with Crippen molar-refractivity contribution in [2.75, 3.05) is 44.2 Å². The molecule has 0 aliphatic carbocycles. The topological polar surface area (TPSA) is 79.2 Å². The van der Waals surface area contributed by atoms with Crippen LogP contribution in [0.5, 0.6) is 0 Å². The third kappa shape index (κ3) is 4.47. The molecule has 174 valence electrons. The van der Waals surface area contributed by atoms with Crippen molar-refractivity contribution in [2.24, 2.45) is 0 Å². The summed E-state index contributed by atoms with van der Waals surface area (Å²) in [7, 11) is 0. The van der Waals surface area contributed by atoms with Crippen molar-refractivity contribution >= 4 is 22.8 Å². The average Bonchev–Trinajstić information content (AvgIpc) is 3.29. The van der Waals surface area contributed by atoms with Crippen molar-refractivity contribution in [3.8, 4) is 5.69 Å². The van der Waals surface area contributed by atoms with E-state index in [0.717, 1.165) is 49.5 Å². The normalized spacial score (nSPS) is 14.5. The summed E-state index contributed by atoms with van der Waals surface area (Å²) in [5.41, 5.74) is 4.41. The molecule has 1 amide bonds. The van der Waals surface area contributed by atoms with Crippen molar-refractivity contribution < 1.29 is 9.18 Å². The van der Waals surface area contributed by atoms with Crippen LogP contribution < -0.4 is 10.2 Å². The van der Waals surface area contributed by atoms with E-state index in [2.05, 4.69) is 30.4 Å². The fourth-order valence-electron chi connectivity index (χ4n) is 4.31. The molecule has 0 unspecified atom stereocenters. The number of piperazine rings is 1. The Morgan fingerprint density at radius 2 is 1.85 bits per heavy atom. The van der Waals surface area contributed by atoms with Crippen LogP contribution in [-0.2, 0) is 0 Å². The number of aromatic nitrogens is 4. The number of nitrogens with zero attached hydrogens (tertiary/aromatic N) is 6. The zero-order valence-corrected chi connectivity index (χ0v) is 19.0. The summed E-state index contributed by atoms with van der Waals surface area (Å²) < 4.78 is 15.7. The van der Waals surface area contributed by atoms with Gasteiger partial charge in [0.25, 0.3) is 5.91 Å². The van der Waals surface area contributed by atoms with E-state index in [9.17, 15) is 9.18 Å². The molecule has 5 rings (SSSR count). The number of anilines is 1. The van der Waals surface area contributed by atoms with E-state index in [1.165, 1.54) is 6.07 Å². The fourth-order valence-corrected chi connectivity index (χ4v) is 4.31. The van der Waals surface area contributed by atoms with Crippen molar-refractivity contribution in [1.29, 1.82) is 0 Å². The Kier molecular flexibility index (Phi) is 6.18.